The fourth-order valence-electron chi connectivity index (χ4n) is 3.08. The number of likely N-dealkylation sites (tertiary alicyclic amines) is 1. The number of piperidine rings is 1. The highest BCUT2D eigenvalue weighted by molar-refractivity contribution is 5.44. The van der Waals surface area contributed by atoms with Gasteiger partial charge in [-0.2, -0.15) is 0 Å². The second kappa shape index (κ2) is 6.02. The van der Waals surface area contributed by atoms with Gasteiger partial charge in [-0.25, -0.2) is 0 Å². The number of nitrogens with zero attached hydrogens (tertiary/aromatic N) is 1. The van der Waals surface area contributed by atoms with Gasteiger partial charge in [-0.3, -0.25) is 0 Å². The van der Waals surface area contributed by atoms with Crippen LogP contribution in [0.5, 0.6) is 11.5 Å². The van der Waals surface area contributed by atoms with E-state index in [-0.39, 0.29) is 0 Å². The molecule has 20 heavy (non-hydrogen) atoms. The maximum absolute atomic E-state index is 5.66. The third kappa shape index (κ3) is 3.07. The molecule has 1 aromatic carbocycles. The van der Waals surface area contributed by atoms with Crippen molar-refractivity contribution < 1.29 is 9.47 Å². The Kier molecular flexibility index (Phi) is 4.13. The van der Waals surface area contributed by atoms with E-state index in [4.69, 9.17) is 9.47 Å². The maximum atomic E-state index is 5.66. The summed E-state index contributed by atoms with van der Waals surface area (Å²) in [6.07, 6.45) is 2.54. The van der Waals surface area contributed by atoms with Gasteiger partial charge in [-0.1, -0.05) is 6.07 Å². The summed E-state index contributed by atoms with van der Waals surface area (Å²) in [4.78, 5) is 2.40. The Bertz CT molecular complexity index is 464. The van der Waals surface area contributed by atoms with Crippen molar-refractivity contribution in [2.75, 3.05) is 33.4 Å². The van der Waals surface area contributed by atoms with E-state index in [1.807, 2.05) is 6.07 Å². The molecule has 4 nitrogen and oxygen atoms in total. The fraction of sp³-hybridized carbons (Fsp3) is 0.625. The third-order valence-corrected chi connectivity index (χ3v) is 4.18. The van der Waals surface area contributed by atoms with Crippen molar-refractivity contribution in [3.63, 3.8) is 0 Å². The lowest BCUT2D eigenvalue weighted by molar-refractivity contribution is 0.171. The molecule has 0 aromatic heterocycles. The third-order valence-electron chi connectivity index (χ3n) is 4.18. The van der Waals surface area contributed by atoms with Crippen LogP contribution in [0, 0.1) is 0 Å². The van der Waals surface area contributed by atoms with Crippen LogP contribution in [-0.2, 0) is 0 Å². The quantitative estimate of drug-likeness (QED) is 0.917. The summed E-state index contributed by atoms with van der Waals surface area (Å²) in [6.45, 7) is 5.87. The smallest absolute Gasteiger partial charge is 0.161 e. The van der Waals surface area contributed by atoms with Gasteiger partial charge in [-0.05, 0) is 51.1 Å². The summed E-state index contributed by atoms with van der Waals surface area (Å²) >= 11 is 0. The summed E-state index contributed by atoms with van der Waals surface area (Å²) in [7, 11) is 2.20. The SMILES string of the molecule is CC(NC1CCCN(C)C1)c1ccc2c(c1)OCCO2. The minimum atomic E-state index is 0.335. The van der Waals surface area contributed by atoms with E-state index < -0.39 is 0 Å². The zero-order chi connectivity index (χ0) is 13.9. The molecule has 2 aliphatic heterocycles. The van der Waals surface area contributed by atoms with E-state index in [2.05, 4.69) is 36.3 Å². The van der Waals surface area contributed by atoms with Crippen LogP contribution in [0.15, 0.2) is 18.2 Å². The van der Waals surface area contributed by atoms with Crippen LogP contribution >= 0.6 is 0 Å². The normalized spacial score (nSPS) is 24.4. The number of benzene rings is 1. The summed E-state index contributed by atoms with van der Waals surface area (Å²) < 4.78 is 11.2. The Morgan fingerprint density at radius 3 is 2.85 bits per heavy atom. The summed E-state index contributed by atoms with van der Waals surface area (Å²) in [6, 6.07) is 7.19. The van der Waals surface area contributed by atoms with Gasteiger partial charge in [0.2, 0.25) is 0 Å². The number of rotatable bonds is 3. The van der Waals surface area contributed by atoms with Crippen molar-refractivity contribution in [1.29, 1.82) is 0 Å². The molecule has 0 amide bonds. The zero-order valence-electron chi connectivity index (χ0n) is 12.4. The first-order valence-electron chi connectivity index (χ1n) is 7.56. The minimum Gasteiger partial charge on any atom is -0.486 e. The Morgan fingerprint density at radius 1 is 1.25 bits per heavy atom. The van der Waals surface area contributed by atoms with Gasteiger partial charge in [0.05, 0.1) is 0 Å². The van der Waals surface area contributed by atoms with Crippen LogP contribution in [0.3, 0.4) is 0 Å². The molecule has 0 saturated carbocycles. The molecule has 0 aliphatic carbocycles. The number of nitrogens with one attached hydrogen (secondary N) is 1. The van der Waals surface area contributed by atoms with Crippen LogP contribution < -0.4 is 14.8 Å². The molecule has 2 heterocycles. The Balaban J connectivity index is 1.66. The van der Waals surface area contributed by atoms with E-state index in [1.165, 1.54) is 24.9 Å². The number of hydrogen-bond donors (Lipinski definition) is 1. The van der Waals surface area contributed by atoms with Gasteiger partial charge < -0.3 is 19.7 Å². The van der Waals surface area contributed by atoms with Crippen molar-refractivity contribution in [3.8, 4) is 11.5 Å². The lowest BCUT2D eigenvalue weighted by atomic mass is 10.0. The van der Waals surface area contributed by atoms with Crippen LogP contribution in [0.1, 0.15) is 31.4 Å². The van der Waals surface area contributed by atoms with E-state index in [1.54, 1.807) is 0 Å². The van der Waals surface area contributed by atoms with E-state index in [0.717, 1.165) is 18.0 Å². The van der Waals surface area contributed by atoms with Crippen molar-refractivity contribution in [2.45, 2.75) is 31.8 Å². The summed E-state index contributed by atoms with van der Waals surface area (Å²) in [5, 5.41) is 3.73. The lowest BCUT2D eigenvalue weighted by Gasteiger charge is -2.32. The minimum absolute atomic E-state index is 0.335. The number of fused-ring (bicyclic) bond motifs is 1. The number of likely N-dealkylation sites (N-methyl/N-ethyl adjacent to an activating group) is 1. The number of ether oxygens (including phenoxy) is 2. The number of hydrogen-bond acceptors (Lipinski definition) is 4. The Morgan fingerprint density at radius 2 is 2.05 bits per heavy atom. The van der Waals surface area contributed by atoms with E-state index >= 15 is 0 Å². The predicted octanol–water partition coefficient (Wildman–Crippen LogP) is 2.20. The molecule has 1 saturated heterocycles. The summed E-state index contributed by atoms with van der Waals surface area (Å²) in [5.41, 5.74) is 1.27. The standard InChI is InChI=1S/C16H24N2O2/c1-12(17-14-4-3-7-18(2)11-14)13-5-6-15-16(10-13)20-9-8-19-15/h5-6,10,12,14,17H,3-4,7-9,11H2,1-2H3. The van der Waals surface area contributed by atoms with Gasteiger partial charge in [0.25, 0.3) is 0 Å². The highest BCUT2D eigenvalue weighted by atomic mass is 16.6. The van der Waals surface area contributed by atoms with Gasteiger partial charge in [0, 0.05) is 18.6 Å². The van der Waals surface area contributed by atoms with E-state index in [0.29, 0.717) is 25.3 Å². The first kappa shape index (κ1) is 13.7. The van der Waals surface area contributed by atoms with Crippen LogP contribution in [0.4, 0.5) is 0 Å². The molecule has 2 aliphatic rings. The van der Waals surface area contributed by atoms with Crippen LogP contribution in [0.2, 0.25) is 0 Å². The van der Waals surface area contributed by atoms with Gasteiger partial charge in [0.15, 0.2) is 11.5 Å². The molecule has 1 aromatic rings. The average molecular weight is 276 g/mol. The molecular formula is C16H24N2O2. The lowest BCUT2D eigenvalue weighted by Crippen LogP contribution is -2.44. The van der Waals surface area contributed by atoms with Gasteiger partial charge in [-0.15, -0.1) is 0 Å². The Hall–Kier alpha value is -1.26. The van der Waals surface area contributed by atoms with Gasteiger partial charge in [0.1, 0.15) is 13.2 Å². The predicted molar refractivity (Wildman–Crippen MR) is 79.5 cm³/mol. The maximum Gasteiger partial charge on any atom is 0.161 e. The second-order valence-electron chi connectivity index (χ2n) is 5.89. The monoisotopic (exact) mass is 276 g/mol. The van der Waals surface area contributed by atoms with Crippen molar-refractivity contribution in [2.24, 2.45) is 0 Å². The van der Waals surface area contributed by atoms with Gasteiger partial charge >= 0.3 is 0 Å². The molecule has 1 N–H and O–H groups in total. The molecule has 0 bridgehead atoms. The molecule has 2 unspecified atom stereocenters. The topological polar surface area (TPSA) is 33.7 Å². The fourth-order valence-corrected chi connectivity index (χ4v) is 3.08. The van der Waals surface area contributed by atoms with Crippen molar-refractivity contribution in [3.05, 3.63) is 23.8 Å². The van der Waals surface area contributed by atoms with Crippen LogP contribution in [-0.4, -0.2) is 44.3 Å². The molecular weight excluding hydrogens is 252 g/mol. The molecule has 2 atom stereocenters. The average Bonchev–Trinajstić information content (AvgIpc) is 2.47. The van der Waals surface area contributed by atoms with E-state index in [9.17, 15) is 0 Å². The molecule has 0 radical (unpaired) electrons. The largest absolute Gasteiger partial charge is 0.486 e. The molecule has 4 heteroatoms. The second-order valence-corrected chi connectivity index (χ2v) is 5.89. The van der Waals surface area contributed by atoms with Crippen molar-refractivity contribution in [1.82, 2.24) is 10.2 Å². The molecule has 1 fully saturated rings. The first-order chi connectivity index (χ1) is 9.72. The molecule has 3 rings (SSSR count). The Labute approximate surface area is 121 Å². The first-order valence-corrected chi connectivity index (χ1v) is 7.56. The molecule has 110 valence electrons. The molecule has 0 spiro atoms. The van der Waals surface area contributed by atoms with Crippen molar-refractivity contribution >= 4 is 0 Å². The zero-order valence-corrected chi connectivity index (χ0v) is 12.4. The van der Waals surface area contributed by atoms with Crippen LogP contribution in [0.25, 0.3) is 0 Å². The summed E-state index contributed by atoms with van der Waals surface area (Å²) in [5.74, 6) is 1.74. The highest BCUT2D eigenvalue weighted by Crippen LogP contribution is 2.32. The highest BCUT2D eigenvalue weighted by Gasteiger charge is 2.20.